The lowest BCUT2D eigenvalue weighted by Gasteiger charge is -2.18. The lowest BCUT2D eigenvalue weighted by molar-refractivity contribution is -0.127. The van der Waals surface area contributed by atoms with E-state index in [0.717, 1.165) is 10.6 Å². The Morgan fingerprint density at radius 1 is 1.21 bits per heavy atom. The third-order valence-electron chi connectivity index (χ3n) is 4.14. The molecule has 29 heavy (non-hydrogen) atoms. The van der Waals surface area contributed by atoms with Gasteiger partial charge in [0.25, 0.3) is 5.91 Å². The topological polar surface area (TPSA) is 75.7 Å². The van der Waals surface area contributed by atoms with E-state index in [1.807, 2.05) is 0 Å². The van der Waals surface area contributed by atoms with Crippen LogP contribution in [0.5, 0.6) is 5.75 Å². The molecule has 1 amide bonds. The molecule has 2 rings (SSSR count). The van der Waals surface area contributed by atoms with E-state index in [1.54, 1.807) is 49.4 Å². The first-order valence-corrected chi connectivity index (χ1v) is 12.0. The first-order valence-electron chi connectivity index (χ1n) is 8.98. The number of nitrogens with zero attached hydrogens (tertiary/aromatic N) is 1. The van der Waals surface area contributed by atoms with Gasteiger partial charge in [0.1, 0.15) is 11.6 Å². The molecular weight excluding hydrogens is 415 g/mol. The van der Waals surface area contributed by atoms with E-state index in [0.29, 0.717) is 35.1 Å². The minimum atomic E-state index is -3.33. The molecule has 0 heterocycles. The van der Waals surface area contributed by atoms with Crippen molar-refractivity contribution in [2.24, 2.45) is 0 Å². The van der Waals surface area contributed by atoms with Crippen molar-refractivity contribution in [2.75, 3.05) is 29.9 Å². The molecule has 1 atom stereocenters. The fourth-order valence-corrected chi connectivity index (χ4v) is 3.72. The third-order valence-corrected chi connectivity index (χ3v) is 6.35. The number of carbonyl (C=O) groups is 1. The van der Waals surface area contributed by atoms with E-state index in [1.165, 1.54) is 24.9 Å². The molecule has 2 aromatic rings. The summed E-state index contributed by atoms with van der Waals surface area (Å²) in [5.74, 6) is 1.18. The quantitative estimate of drug-likeness (QED) is 0.575. The summed E-state index contributed by atoms with van der Waals surface area (Å²) >= 11 is 1.54. The molecule has 0 spiro atoms. The van der Waals surface area contributed by atoms with Gasteiger partial charge in [-0.05, 0) is 42.8 Å². The molecule has 0 fully saturated rings. The summed E-state index contributed by atoms with van der Waals surface area (Å²) < 4.78 is 43.4. The van der Waals surface area contributed by atoms with Gasteiger partial charge in [0.2, 0.25) is 10.0 Å². The smallest absolute Gasteiger partial charge is 0.260 e. The van der Waals surface area contributed by atoms with Crippen molar-refractivity contribution in [1.82, 2.24) is 5.32 Å². The number of nitrogens with one attached hydrogen (secondary N) is 1. The van der Waals surface area contributed by atoms with Crippen molar-refractivity contribution in [2.45, 2.75) is 18.8 Å². The molecule has 0 bridgehead atoms. The number of amides is 1. The normalized spacial score (nSPS) is 12.3. The summed E-state index contributed by atoms with van der Waals surface area (Å²) in [6.45, 7) is 2.09. The van der Waals surface area contributed by atoms with E-state index >= 15 is 0 Å². The second-order valence-electron chi connectivity index (χ2n) is 6.42. The van der Waals surface area contributed by atoms with Gasteiger partial charge < -0.3 is 10.1 Å². The van der Waals surface area contributed by atoms with Crippen LogP contribution in [0.4, 0.5) is 10.1 Å². The molecule has 0 aliphatic rings. The molecule has 2 aromatic carbocycles. The zero-order valence-corrected chi connectivity index (χ0v) is 18.2. The second-order valence-corrected chi connectivity index (χ2v) is 9.54. The van der Waals surface area contributed by atoms with Crippen LogP contribution in [0.25, 0.3) is 0 Å². The first-order chi connectivity index (χ1) is 13.7. The van der Waals surface area contributed by atoms with Crippen molar-refractivity contribution in [3.63, 3.8) is 0 Å². The van der Waals surface area contributed by atoms with Crippen LogP contribution in [-0.4, -0.2) is 46.0 Å². The van der Waals surface area contributed by atoms with Gasteiger partial charge in [0.15, 0.2) is 6.10 Å². The Morgan fingerprint density at radius 3 is 2.48 bits per heavy atom. The van der Waals surface area contributed by atoms with E-state index < -0.39 is 16.1 Å². The van der Waals surface area contributed by atoms with Gasteiger partial charge >= 0.3 is 0 Å². The van der Waals surface area contributed by atoms with Crippen molar-refractivity contribution in [3.05, 3.63) is 59.9 Å². The van der Waals surface area contributed by atoms with Crippen molar-refractivity contribution >= 4 is 33.4 Å². The maximum Gasteiger partial charge on any atom is 0.260 e. The first kappa shape index (κ1) is 23.0. The molecule has 6 nitrogen and oxygen atoms in total. The van der Waals surface area contributed by atoms with Crippen molar-refractivity contribution < 1.29 is 22.3 Å². The summed E-state index contributed by atoms with van der Waals surface area (Å²) in [7, 11) is -1.87. The summed E-state index contributed by atoms with van der Waals surface area (Å²) in [6.07, 6.45) is 0.420. The van der Waals surface area contributed by atoms with Crippen LogP contribution in [0, 0.1) is 5.82 Å². The summed E-state index contributed by atoms with van der Waals surface area (Å²) in [6, 6.07) is 13.1. The van der Waals surface area contributed by atoms with Gasteiger partial charge in [-0.2, -0.15) is 11.8 Å². The van der Waals surface area contributed by atoms with Crippen LogP contribution in [-0.2, 0) is 20.6 Å². The number of hydrogen-bond donors (Lipinski definition) is 1. The van der Waals surface area contributed by atoms with Gasteiger partial charge in [0, 0.05) is 25.1 Å². The third kappa shape index (κ3) is 7.25. The lowest BCUT2D eigenvalue weighted by Crippen LogP contribution is -2.37. The van der Waals surface area contributed by atoms with Gasteiger partial charge in [-0.25, -0.2) is 12.8 Å². The Bertz CT molecular complexity index is 920. The average molecular weight is 441 g/mol. The lowest BCUT2D eigenvalue weighted by atomic mass is 10.2. The van der Waals surface area contributed by atoms with Crippen molar-refractivity contribution in [1.29, 1.82) is 0 Å². The van der Waals surface area contributed by atoms with Gasteiger partial charge in [-0.3, -0.25) is 9.10 Å². The highest BCUT2D eigenvalue weighted by Crippen LogP contribution is 2.21. The van der Waals surface area contributed by atoms with E-state index in [4.69, 9.17) is 4.74 Å². The van der Waals surface area contributed by atoms with Crippen LogP contribution in [0.2, 0.25) is 0 Å². The Morgan fingerprint density at radius 2 is 1.86 bits per heavy atom. The monoisotopic (exact) mass is 440 g/mol. The number of benzene rings is 2. The number of halogens is 1. The Balaban J connectivity index is 1.74. The molecular formula is C20H25FN2O4S2. The Labute approximate surface area is 175 Å². The molecule has 0 aromatic heterocycles. The zero-order chi connectivity index (χ0) is 21.4. The fourth-order valence-electron chi connectivity index (χ4n) is 2.37. The number of rotatable bonds is 10. The largest absolute Gasteiger partial charge is 0.481 e. The molecule has 0 aliphatic carbocycles. The minimum absolute atomic E-state index is 0.222. The minimum Gasteiger partial charge on any atom is -0.481 e. The number of ether oxygens (including phenoxy) is 1. The molecule has 1 N–H and O–H groups in total. The zero-order valence-electron chi connectivity index (χ0n) is 16.6. The van der Waals surface area contributed by atoms with Crippen LogP contribution in [0.3, 0.4) is 0 Å². The van der Waals surface area contributed by atoms with Gasteiger partial charge in [-0.1, -0.05) is 18.2 Å². The predicted octanol–water partition coefficient (Wildman–Crippen LogP) is 3.04. The van der Waals surface area contributed by atoms with Crippen molar-refractivity contribution in [3.8, 4) is 5.75 Å². The average Bonchev–Trinajstić information content (AvgIpc) is 2.68. The Kier molecular flexibility index (Phi) is 8.33. The van der Waals surface area contributed by atoms with Crippen LogP contribution in [0.15, 0.2) is 48.5 Å². The van der Waals surface area contributed by atoms with Gasteiger partial charge in [-0.15, -0.1) is 0 Å². The summed E-state index contributed by atoms with van der Waals surface area (Å²) in [5, 5.41) is 2.79. The van der Waals surface area contributed by atoms with E-state index in [9.17, 15) is 17.6 Å². The summed E-state index contributed by atoms with van der Waals surface area (Å²) in [5.41, 5.74) is 1.15. The number of carbonyl (C=O) groups excluding carboxylic acids is 1. The number of hydrogen-bond acceptors (Lipinski definition) is 5. The molecule has 0 saturated carbocycles. The molecule has 9 heteroatoms. The fraction of sp³-hybridized carbons (Fsp3) is 0.350. The maximum absolute atomic E-state index is 13.5. The number of sulfonamides is 1. The predicted molar refractivity (Wildman–Crippen MR) is 115 cm³/mol. The molecule has 0 radical (unpaired) electrons. The van der Waals surface area contributed by atoms with Crippen LogP contribution in [0.1, 0.15) is 12.5 Å². The van der Waals surface area contributed by atoms with Crippen LogP contribution < -0.4 is 14.4 Å². The highest BCUT2D eigenvalue weighted by Gasteiger charge is 2.15. The standard InChI is InChI=1S/C20H25FN2O4S2/c1-15(27-18-10-8-17(9-11-18)23(2)29(3,25)26)20(24)22-12-13-28-14-16-6-4-5-7-19(16)21/h4-11,15H,12-14H2,1-3H3,(H,22,24). The molecule has 158 valence electrons. The molecule has 0 saturated heterocycles. The summed E-state index contributed by atoms with van der Waals surface area (Å²) in [4.78, 5) is 12.1. The highest BCUT2D eigenvalue weighted by molar-refractivity contribution is 7.98. The number of thioether (sulfide) groups is 1. The molecule has 1 unspecified atom stereocenters. The van der Waals surface area contributed by atoms with Crippen LogP contribution >= 0.6 is 11.8 Å². The van der Waals surface area contributed by atoms with E-state index in [2.05, 4.69) is 5.32 Å². The maximum atomic E-state index is 13.5. The van der Waals surface area contributed by atoms with E-state index in [-0.39, 0.29) is 11.7 Å². The highest BCUT2D eigenvalue weighted by atomic mass is 32.2. The second kappa shape index (κ2) is 10.5. The number of anilines is 1. The SMILES string of the molecule is CC(Oc1ccc(N(C)S(C)(=O)=O)cc1)C(=O)NCCSCc1ccccc1F. The molecule has 0 aliphatic heterocycles. The van der Waals surface area contributed by atoms with Gasteiger partial charge in [0.05, 0.1) is 11.9 Å². The Hall–Kier alpha value is -2.26.